The van der Waals surface area contributed by atoms with E-state index in [0.29, 0.717) is 17.0 Å². The van der Waals surface area contributed by atoms with Gasteiger partial charge in [-0.25, -0.2) is 14.8 Å². The number of hydrogen-bond donors (Lipinski definition) is 2. The van der Waals surface area contributed by atoms with Crippen molar-refractivity contribution in [3.05, 3.63) is 34.8 Å². The number of carboxylic acids is 1. The maximum atomic E-state index is 11.1. The minimum Gasteiger partial charge on any atom is -0.478 e. The Bertz CT molecular complexity index is 745. The summed E-state index contributed by atoms with van der Waals surface area (Å²) >= 11 is 1.60. The Labute approximate surface area is 106 Å². The molecular weight excluding hydrogens is 250 g/mol. The molecule has 3 aromatic rings. The topological polar surface area (TPSA) is 78.9 Å². The molecule has 0 unspecified atom stereocenters. The standard InChI is InChI=1S/C12H9N3O2S/c1-6-2-3-8(18-6)10-14-9-7(12(16)17)4-5-13-11(9)15-10/h2-5H,1H3,(H,16,17)(H,13,14,15). The van der Waals surface area contributed by atoms with E-state index in [0.717, 1.165) is 4.88 Å². The van der Waals surface area contributed by atoms with Crippen LogP contribution in [0.3, 0.4) is 0 Å². The molecule has 0 bridgehead atoms. The van der Waals surface area contributed by atoms with Crippen LogP contribution in [0, 0.1) is 6.92 Å². The number of pyridine rings is 1. The summed E-state index contributed by atoms with van der Waals surface area (Å²) in [6.45, 7) is 2.01. The largest absolute Gasteiger partial charge is 0.478 e. The number of fused-ring (bicyclic) bond motifs is 1. The van der Waals surface area contributed by atoms with Gasteiger partial charge < -0.3 is 10.1 Å². The van der Waals surface area contributed by atoms with Crippen LogP contribution in [0.4, 0.5) is 0 Å². The first-order chi connectivity index (χ1) is 8.65. The quantitative estimate of drug-likeness (QED) is 0.741. The van der Waals surface area contributed by atoms with Crippen LogP contribution < -0.4 is 0 Å². The molecule has 0 aliphatic carbocycles. The predicted molar refractivity (Wildman–Crippen MR) is 68.9 cm³/mol. The molecule has 0 fully saturated rings. The van der Waals surface area contributed by atoms with Gasteiger partial charge in [0.25, 0.3) is 0 Å². The summed E-state index contributed by atoms with van der Waals surface area (Å²) in [5.74, 6) is -0.329. The van der Waals surface area contributed by atoms with Gasteiger partial charge in [-0.2, -0.15) is 0 Å². The van der Waals surface area contributed by atoms with Gasteiger partial charge in [0.2, 0.25) is 0 Å². The van der Waals surface area contributed by atoms with Crippen molar-refractivity contribution in [1.29, 1.82) is 0 Å². The molecule has 0 aliphatic heterocycles. The zero-order valence-corrected chi connectivity index (χ0v) is 10.3. The SMILES string of the molecule is Cc1ccc(-c2nc3nccc(C(=O)O)c3[nH]2)s1. The second-order valence-corrected chi connectivity index (χ2v) is 5.15. The van der Waals surface area contributed by atoms with Gasteiger partial charge >= 0.3 is 5.97 Å². The zero-order chi connectivity index (χ0) is 12.7. The van der Waals surface area contributed by atoms with Crippen LogP contribution in [-0.2, 0) is 0 Å². The lowest BCUT2D eigenvalue weighted by Gasteiger charge is -1.93. The minimum absolute atomic E-state index is 0.187. The number of nitrogens with one attached hydrogen (secondary N) is 1. The molecule has 3 rings (SSSR count). The van der Waals surface area contributed by atoms with Crippen LogP contribution in [0.25, 0.3) is 21.9 Å². The lowest BCUT2D eigenvalue weighted by atomic mass is 10.2. The summed E-state index contributed by atoms with van der Waals surface area (Å²) < 4.78 is 0. The minimum atomic E-state index is -0.986. The molecular formula is C12H9N3O2S. The zero-order valence-electron chi connectivity index (χ0n) is 9.47. The number of aromatic amines is 1. The van der Waals surface area contributed by atoms with Crippen molar-refractivity contribution >= 4 is 28.5 Å². The van der Waals surface area contributed by atoms with Crippen LogP contribution in [-0.4, -0.2) is 26.0 Å². The molecule has 90 valence electrons. The number of thiophene rings is 1. The number of carboxylic acid groups (broad SMARTS) is 1. The second kappa shape index (κ2) is 3.92. The Morgan fingerprint density at radius 1 is 1.39 bits per heavy atom. The highest BCUT2D eigenvalue weighted by molar-refractivity contribution is 7.15. The summed E-state index contributed by atoms with van der Waals surface area (Å²) in [6.07, 6.45) is 1.45. The van der Waals surface area contributed by atoms with Crippen molar-refractivity contribution in [3.63, 3.8) is 0 Å². The van der Waals surface area contributed by atoms with Crippen molar-refractivity contribution in [2.24, 2.45) is 0 Å². The second-order valence-electron chi connectivity index (χ2n) is 3.86. The van der Waals surface area contributed by atoms with Gasteiger partial charge in [0.1, 0.15) is 0 Å². The lowest BCUT2D eigenvalue weighted by molar-refractivity contribution is 0.0699. The third kappa shape index (κ3) is 1.67. The van der Waals surface area contributed by atoms with Gasteiger partial charge in [0, 0.05) is 11.1 Å². The van der Waals surface area contributed by atoms with Crippen LogP contribution in [0.1, 0.15) is 15.2 Å². The fraction of sp³-hybridized carbons (Fsp3) is 0.0833. The number of carbonyl (C=O) groups is 1. The summed E-state index contributed by atoms with van der Waals surface area (Å²) in [5, 5.41) is 9.09. The molecule has 6 heteroatoms. The predicted octanol–water partition coefficient (Wildman–Crippen LogP) is 2.69. The van der Waals surface area contributed by atoms with Crippen molar-refractivity contribution in [2.45, 2.75) is 6.92 Å². The summed E-state index contributed by atoms with van der Waals surface area (Å²) in [6, 6.07) is 5.42. The van der Waals surface area contributed by atoms with Gasteiger partial charge in [-0.3, -0.25) is 0 Å². The molecule has 5 nitrogen and oxygen atoms in total. The third-order valence-electron chi connectivity index (χ3n) is 2.60. The molecule has 3 aromatic heterocycles. The van der Waals surface area contributed by atoms with E-state index in [1.54, 1.807) is 11.3 Å². The number of aryl methyl sites for hydroxylation is 1. The number of rotatable bonds is 2. The van der Waals surface area contributed by atoms with E-state index in [9.17, 15) is 4.79 Å². The van der Waals surface area contributed by atoms with Crippen LogP contribution >= 0.6 is 11.3 Å². The average molecular weight is 259 g/mol. The molecule has 0 atom stereocenters. The smallest absolute Gasteiger partial charge is 0.338 e. The van der Waals surface area contributed by atoms with Gasteiger partial charge in [0.05, 0.1) is 16.0 Å². The number of imidazole rings is 1. The van der Waals surface area contributed by atoms with E-state index in [4.69, 9.17) is 5.11 Å². The third-order valence-corrected chi connectivity index (χ3v) is 3.60. The first kappa shape index (κ1) is 10.9. The van der Waals surface area contributed by atoms with Crippen molar-refractivity contribution in [2.75, 3.05) is 0 Å². The molecule has 0 saturated heterocycles. The average Bonchev–Trinajstić information content (AvgIpc) is 2.93. The monoisotopic (exact) mass is 259 g/mol. The van der Waals surface area contributed by atoms with Gasteiger partial charge in [-0.15, -0.1) is 11.3 Å². The van der Waals surface area contributed by atoms with E-state index < -0.39 is 5.97 Å². The van der Waals surface area contributed by atoms with Crippen LogP contribution in [0.15, 0.2) is 24.4 Å². The lowest BCUT2D eigenvalue weighted by Crippen LogP contribution is -1.97. The Balaban J connectivity index is 2.22. The maximum absolute atomic E-state index is 11.1. The van der Waals surface area contributed by atoms with Gasteiger partial charge in [-0.05, 0) is 25.1 Å². The molecule has 0 saturated carbocycles. The van der Waals surface area contributed by atoms with Gasteiger partial charge in [0.15, 0.2) is 11.5 Å². The van der Waals surface area contributed by atoms with E-state index in [1.807, 2.05) is 19.1 Å². The molecule has 0 spiro atoms. The molecule has 3 heterocycles. The molecule has 0 amide bonds. The van der Waals surface area contributed by atoms with Crippen molar-refractivity contribution in [1.82, 2.24) is 15.0 Å². The van der Waals surface area contributed by atoms with Crippen molar-refractivity contribution < 1.29 is 9.90 Å². The number of hydrogen-bond acceptors (Lipinski definition) is 4. The summed E-state index contributed by atoms with van der Waals surface area (Å²) in [5.41, 5.74) is 1.08. The highest BCUT2D eigenvalue weighted by Crippen LogP contribution is 2.27. The number of nitrogens with zero attached hydrogens (tertiary/aromatic N) is 2. The van der Waals surface area contributed by atoms with Crippen LogP contribution in [0.2, 0.25) is 0 Å². The first-order valence-corrected chi connectivity index (χ1v) is 6.11. The molecule has 0 aliphatic rings. The van der Waals surface area contributed by atoms with E-state index in [1.165, 1.54) is 17.1 Å². The number of aromatic nitrogens is 3. The molecule has 2 N–H and O–H groups in total. The summed E-state index contributed by atoms with van der Waals surface area (Å²) in [4.78, 5) is 24.7. The Morgan fingerprint density at radius 3 is 2.89 bits per heavy atom. The van der Waals surface area contributed by atoms with E-state index >= 15 is 0 Å². The first-order valence-electron chi connectivity index (χ1n) is 5.30. The summed E-state index contributed by atoms with van der Waals surface area (Å²) in [7, 11) is 0. The van der Waals surface area contributed by atoms with Gasteiger partial charge in [-0.1, -0.05) is 0 Å². The highest BCUT2D eigenvalue weighted by Gasteiger charge is 2.14. The van der Waals surface area contributed by atoms with Crippen molar-refractivity contribution in [3.8, 4) is 10.7 Å². The normalized spacial score (nSPS) is 10.9. The molecule has 18 heavy (non-hydrogen) atoms. The fourth-order valence-corrected chi connectivity index (χ4v) is 2.58. The highest BCUT2D eigenvalue weighted by atomic mass is 32.1. The Kier molecular flexibility index (Phi) is 2.38. The number of aromatic carboxylic acids is 1. The maximum Gasteiger partial charge on any atom is 0.338 e. The Hall–Kier alpha value is -2.21. The Morgan fingerprint density at radius 2 is 2.22 bits per heavy atom. The van der Waals surface area contributed by atoms with Crippen LogP contribution in [0.5, 0.6) is 0 Å². The fourth-order valence-electron chi connectivity index (χ4n) is 1.77. The molecule has 0 aromatic carbocycles. The number of H-pyrrole nitrogens is 1. The van der Waals surface area contributed by atoms with E-state index in [-0.39, 0.29) is 5.56 Å². The molecule has 0 radical (unpaired) electrons. The van der Waals surface area contributed by atoms with E-state index in [2.05, 4.69) is 15.0 Å².